The van der Waals surface area contributed by atoms with Crippen molar-refractivity contribution in [3.8, 4) is 0 Å². The van der Waals surface area contributed by atoms with E-state index in [0.29, 0.717) is 6.04 Å². The molecule has 1 aromatic carbocycles. The van der Waals surface area contributed by atoms with E-state index in [0.717, 1.165) is 11.6 Å². The lowest BCUT2D eigenvalue weighted by molar-refractivity contribution is 0.617. The molecule has 0 aliphatic carbocycles. The van der Waals surface area contributed by atoms with Crippen LogP contribution in [0.3, 0.4) is 0 Å². The molecule has 0 fully saturated rings. The fourth-order valence-electron chi connectivity index (χ4n) is 1.24. The average Bonchev–Trinajstić information content (AvgIpc) is 2.18. The maximum Gasteiger partial charge on any atom is 0.0294 e. The lowest BCUT2D eigenvalue weighted by Crippen LogP contribution is -2.18. The van der Waals surface area contributed by atoms with Gasteiger partial charge in [0.05, 0.1) is 0 Å². The molecular formula is C12H16ClN. The van der Waals surface area contributed by atoms with Crippen molar-refractivity contribution in [1.82, 2.24) is 5.32 Å². The Hall–Kier alpha value is -0.790. The molecule has 0 amide bonds. The molecule has 1 aromatic rings. The number of rotatable bonds is 4. The number of halogens is 1. The van der Waals surface area contributed by atoms with Crippen molar-refractivity contribution in [2.75, 3.05) is 6.54 Å². The van der Waals surface area contributed by atoms with E-state index in [1.165, 1.54) is 5.56 Å². The third kappa shape index (κ3) is 3.95. The van der Waals surface area contributed by atoms with Crippen LogP contribution in [0.15, 0.2) is 41.4 Å². The van der Waals surface area contributed by atoms with E-state index in [2.05, 4.69) is 36.5 Å². The summed E-state index contributed by atoms with van der Waals surface area (Å²) in [7, 11) is 0. The van der Waals surface area contributed by atoms with Crippen molar-refractivity contribution >= 4 is 11.6 Å². The monoisotopic (exact) mass is 209 g/mol. The first-order valence-corrected chi connectivity index (χ1v) is 5.18. The Morgan fingerprint density at radius 2 is 2.07 bits per heavy atom. The van der Waals surface area contributed by atoms with Crippen molar-refractivity contribution in [3.63, 3.8) is 0 Å². The molecule has 0 heterocycles. The molecule has 76 valence electrons. The zero-order valence-electron chi connectivity index (χ0n) is 8.63. The van der Waals surface area contributed by atoms with Gasteiger partial charge in [0, 0.05) is 17.6 Å². The minimum atomic E-state index is 0.364. The van der Waals surface area contributed by atoms with Crippen LogP contribution in [0.25, 0.3) is 0 Å². The zero-order valence-corrected chi connectivity index (χ0v) is 9.38. The van der Waals surface area contributed by atoms with Crippen LogP contribution in [-0.2, 0) is 0 Å². The molecule has 0 saturated heterocycles. The fourth-order valence-corrected chi connectivity index (χ4v) is 1.31. The van der Waals surface area contributed by atoms with Crippen LogP contribution in [0.4, 0.5) is 0 Å². The second-order valence-electron chi connectivity index (χ2n) is 3.33. The van der Waals surface area contributed by atoms with Gasteiger partial charge in [-0.1, -0.05) is 48.0 Å². The molecule has 2 heteroatoms. The van der Waals surface area contributed by atoms with Crippen molar-refractivity contribution in [3.05, 3.63) is 47.0 Å². The van der Waals surface area contributed by atoms with Crippen LogP contribution in [0.1, 0.15) is 25.5 Å². The summed E-state index contributed by atoms with van der Waals surface area (Å²) in [6, 6.07) is 10.7. The van der Waals surface area contributed by atoms with Crippen molar-refractivity contribution < 1.29 is 0 Å². The Labute approximate surface area is 90.8 Å². The lowest BCUT2D eigenvalue weighted by atomic mass is 10.1. The Balaban J connectivity index is 2.43. The maximum atomic E-state index is 5.73. The van der Waals surface area contributed by atoms with E-state index in [1.54, 1.807) is 0 Å². The molecule has 14 heavy (non-hydrogen) atoms. The number of nitrogens with one attached hydrogen (secondary N) is 1. The SMILES string of the molecule is C/C(Cl)=C\CN[C@@H](C)c1ccccc1. The van der Waals surface area contributed by atoms with Crippen LogP contribution in [-0.4, -0.2) is 6.54 Å². The highest BCUT2D eigenvalue weighted by Gasteiger charge is 2.01. The highest BCUT2D eigenvalue weighted by atomic mass is 35.5. The summed E-state index contributed by atoms with van der Waals surface area (Å²) in [6.07, 6.45) is 1.97. The van der Waals surface area contributed by atoms with Gasteiger partial charge in [0.25, 0.3) is 0 Å². The van der Waals surface area contributed by atoms with Gasteiger partial charge in [-0.15, -0.1) is 0 Å². The molecule has 0 aliphatic heterocycles. The fraction of sp³-hybridized carbons (Fsp3) is 0.333. The molecule has 0 aliphatic rings. The molecule has 0 spiro atoms. The van der Waals surface area contributed by atoms with Gasteiger partial charge in [-0.3, -0.25) is 0 Å². The quantitative estimate of drug-likeness (QED) is 0.801. The first-order chi connectivity index (χ1) is 6.70. The van der Waals surface area contributed by atoms with Gasteiger partial charge in [-0.25, -0.2) is 0 Å². The molecule has 1 atom stereocenters. The van der Waals surface area contributed by atoms with Crippen LogP contribution >= 0.6 is 11.6 Å². The maximum absolute atomic E-state index is 5.73. The highest BCUT2D eigenvalue weighted by molar-refractivity contribution is 6.29. The van der Waals surface area contributed by atoms with Gasteiger partial charge in [0.15, 0.2) is 0 Å². The molecule has 1 nitrogen and oxygen atoms in total. The second kappa shape index (κ2) is 5.84. The number of hydrogen-bond donors (Lipinski definition) is 1. The predicted octanol–water partition coefficient (Wildman–Crippen LogP) is 3.48. The molecule has 0 aromatic heterocycles. The standard InChI is InChI=1S/C12H16ClN/c1-10(13)8-9-14-11(2)12-6-4-3-5-7-12/h3-8,11,14H,9H2,1-2H3/b10-8+/t11-/m0/s1. The molecular weight excluding hydrogens is 194 g/mol. The first kappa shape index (κ1) is 11.3. The number of allylic oxidation sites excluding steroid dienone is 1. The van der Waals surface area contributed by atoms with E-state index >= 15 is 0 Å². The average molecular weight is 210 g/mol. The highest BCUT2D eigenvalue weighted by Crippen LogP contribution is 2.10. The van der Waals surface area contributed by atoms with Crippen LogP contribution in [0.2, 0.25) is 0 Å². The molecule has 0 unspecified atom stereocenters. The molecule has 0 radical (unpaired) electrons. The Morgan fingerprint density at radius 3 is 2.64 bits per heavy atom. The summed E-state index contributed by atoms with van der Waals surface area (Å²) >= 11 is 5.73. The molecule has 0 saturated carbocycles. The normalized spacial score (nSPS) is 14.1. The van der Waals surface area contributed by atoms with Gasteiger partial charge in [-0.2, -0.15) is 0 Å². The van der Waals surface area contributed by atoms with Gasteiger partial charge in [0.1, 0.15) is 0 Å². The van der Waals surface area contributed by atoms with Gasteiger partial charge in [0.2, 0.25) is 0 Å². The van der Waals surface area contributed by atoms with Gasteiger partial charge in [-0.05, 0) is 19.4 Å². The van der Waals surface area contributed by atoms with E-state index in [-0.39, 0.29) is 0 Å². The van der Waals surface area contributed by atoms with E-state index in [4.69, 9.17) is 11.6 Å². The van der Waals surface area contributed by atoms with E-state index < -0.39 is 0 Å². The predicted molar refractivity (Wildman–Crippen MR) is 62.5 cm³/mol. The molecule has 1 N–H and O–H groups in total. The van der Waals surface area contributed by atoms with Crippen LogP contribution in [0, 0.1) is 0 Å². The topological polar surface area (TPSA) is 12.0 Å². The van der Waals surface area contributed by atoms with Gasteiger partial charge >= 0.3 is 0 Å². The summed E-state index contributed by atoms with van der Waals surface area (Å²) in [5.74, 6) is 0. The minimum absolute atomic E-state index is 0.364. The van der Waals surface area contributed by atoms with Crippen molar-refractivity contribution in [1.29, 1.82) is 0 Å². The lowest BCUT2D eigenvalue weighted by Gasteiger charge is -2.12. The minimum Gasteiger partial charge on any atom is -0.307 e. The smallest absolute Gasteiger partial charge is 0.0294 e. The first-order valence-electron chi connectivity index (χ1n) is 4.80. The Bertz CT molecular complexity index is 288. The summed E-state index contributed by atoms with van der Waals surface area (Å²) in [4.78, 5) is 0. The largest absolute Gasteiger partial charge is 0.307 e. The van der Waals surface area contributed by atoms with Crippen molar-refractivity contribution in [2.45, 2.75) is 19.9 Å². The second-order valence-corrected chi connectivity index (χ2v) is 3.93. The molecule has 0 bridgehead atoms. The van der Waals surface area contributed by atoms with E-state index in [9.17, 15) is 0 Å². The Morgan fingerprint density at radius 1 is 1.43 bits per heavy atom. The van der Waals surface area contributed by atoms with Crippen LogP contribution < -0.4 is 5.32 Å². The summed E-state index contributed by atoms with van der Waals surface area (Å²) in [5.41, 5.74) is 1.30. The summed E-state index contributed by atoms with van der Waals surface area (Å²) < 4.78 is 0. The number of hydrogen-bond acceptors (Lipinski definition) is 1. The summed E-state index contributed by atoms with van der Waals surface area (Å²) in [5, 5.41) is 4.20. The van der Waals surface area contributed by atoms with Gasteiger partial charge < -0.3 is 5.32 Å². The number of benzene rings is 1. The summed E-state index contributed by atoms with van der Waals surface area (Å²) in [6.45, 7) is 4.84. The van der Waals surface area contributed by atoms with Crippen LogP contribution in [0.5, 0.6) is 0 Å². The van der Waals surface area contributed by atoms with E-state index in [1.807, 2.05) is 19.1 Å². The third-order valence-corrected chi connectivity index (χ3v) is 2.26. The molecule has 1 rings (SSSR count). The third-order valence-electron chi connectivity index (χ3n) is 2.11. The Kier molecular flexibility index (Phi) is 4.71. The zero-order chi connectivity index (χ0) is 10.4. The van der Waals surface area contributed by atoms with Crippen molar-refractivity contribution in [2.24, 2.45) is 0 Å².